The molecule has 0 heterocycles. The van der Waals surface area contributed by atoms with E-state index in [2.05, 4.69) is 60.0 Å². The van der Waals surface area contributed by atoms with E-state index >= 15 is 0 Å². The highest BCUT2D eigenvalue weighted by Gasteiger charge is 2.24. The first kappa shape index (κ1) is 14.9. The fourth-order valence-electron chi connectivity index (χ4n) is 2.03. The Labute approximate surface area is 112 Å². The Bertz CT molecular complexity index is 427. The van der Waals surface area contributed by atoms with Gasteiger partial charge in [-0.1, -0.05) is 53.7 Å². The van der Waals surface area contributed by atoms with Crippen molar-refractivity contribution < 1.29 is 4.79 Å². The molecule has 1 nitrogen and oxygen atoms in total. The van der Waals surface area contributed by atoms with Crippen LogP contribution < -0.4 is 0 Å². The Kier molecular flexibility index (Phi) is 4.37. The summed E-state index contributed by atoms with van der Waals surface area (Å²) in [4.78, 5) is 11.2. The molecular formula is C17H25O. The van der Waals surface area contributed by atoms with Crippen LogP contribution in [0.4, 0.5) is 0 Å². The van der Waals surface area contributed by atoms with E-state index in [9.17, 15) is 4.79 Å². The van der Waals surface area contributed by atoms with Crippen LogP contribution in [-0.2, 0) is 15.6 Å². The van der Waals surface area contributed by atoms with Crippen molar-refractivity contribution in [3.8, 4) is 0 Å². The molecule has 0 aliphatic rings. The lowest BCUT2D eigenvalue weighted by Gasteiger charge is -2.28. The topological polar surface area (TPSA) is 17.1 Å². The second-order valence-electron chi connectivity index (χ2n) is 6.34. The van der Waals surface area contributed by atoms with Gasteiger partial charge in [-0.25, -0.2) is 0 Å². The smallest absolute Gasteiger partial charge is 0.233 e. The van der Waals surface area contributed by atoms with E-state index in [4.69, 9.17) is 0 Å². The van der Waals surface area contributed by atoms with E-state index in [-0.39, 0.29) is 10.8 Å². The van der Waals surface area contributed by atoms with Gasteiger partial charge in [-0.05, 0) is 40.9 Å². The molecule has 1 aromatic carbocycles. The first-order valence-electron chi connectivity index (χ1n) is 6.81. The summed E-state index contributed by atoms with van der Waals surface area (Å²) in [5.41, 5.74) is 3.19. The van der Waals surface area contributed by atoms with Crippen LogP contribution in [0.1, 0.15) is 71.1 Å². The minimum absolute atomic E-state index is 0.0294. The molecule has 0 fully saturated rings. The maximum atomic E-state index is 11.2. The van der Waals surface area contributed by atoms with Crippen molar-refractivity contribution >= 4 is 6.29 Å². The third-order valence-corrected chi connectivity index (χ3v) is 4.41. The molecule has 0 N–H and O–H groups in total. The molecule has 0 aromatic heterocycles. The summed E-state index contributed by atoms with van der Waals surface area (Å²) in [7, 11) is 0. The summed E-state index contributed by atoms with van der Waals surface area (Å²) in [5.74, 6) is 0. The van der Waals surface area contributed by atoms with Gasteiger partial charge < -0.3 is 0 Å². The first-order chi connectivity index (χ1) is 8.28. The molecule has 0 amide bonds. The zero-order valence-electron chi connectivity index (χ0n) is 12.6. The second-order valence-corrected chi connectivity index (χ2v) is 6.34. The van der Waals surface area contributed by atoms with Gasteiger partial charge >= 0.3 is 0 Å². The van der Waals surface area contributed by atoms with E-state index in [1.54, 1.807) is 0 Å². The SMILES string of the molecule is CCC(C)(C)c1ccc(C(C)(C)CC)c([C]=O)c1. The van der Waals surface area contributed by atoms with Crippen molar-refractivity contribution in [2.45, 2.75) is 65.2 Å². The molecule has 18 heavy (non-hydrogen) atoms. The fourth-order valence-corrected chi connectivity index (χ4v) is 2.03. The average Bonchev–Trinajstić information content (AvgIpc) is 2.37. The lowest BCUT2D eigenvalue weighted by molar-refractivity contribution is 0.493. The van der Waals surface area contributed by atoms with Crippen molar-refractivity contribution in [2.75, 3.05) is 0 Å². The van der Waals surface area contributed by atoms with E-state index in [0.717, 1.165) is 24.0 Å². The molecule has 1 heteroatoms. The molecule has 1 aromatic rings. The minimum Gasteiger partial charge on any atom is -0.285 e. The minimum atomic E-state index is 0.0294. The van der Waals surface area contributed by atoms with Crippen LogP contribution in [0, 0.1) is 0 Å². The van der Waals surface area contributed by atoms with Crippen molar-refractivity contribution in [3.05, 3.63) is 34.9 Å². The van der Waals surface area contributed by atoms with Crippen molar-refractivity contribution in [1.82, 2.24) is 0 Å². The van der Waals surface area contributed by atoms with Gasteiger partial charge in [0.05, 0.1) is 0 Å². The number of benzene rings is 1. The maximum Gasteiger partial charge on any atom is 0.233 e. The third kappa shape index (κ3) is 2.82. The summed E-state index contributed by atoms with van der Waals surface area (Å²) in [6, 6.07) is 6.29. The molecule has 0 saturated carbocycles. The van der Waals surface area contributed by atoms with Crippen LogP contribution in [0.5, 0.6) is 0 Å². The van der Waals surface area contributed by atoms with E-state index in [1.165, 1.54) is 5.56 Å². The highest BCUT2D eigenvalue weighted by Crippen LogP contribution is 2.33. The molecule has 0 aliphatic carbocycles. The number of hydrogen-bond acceptors (Lipinski definition) is 1. The van der Waals surface area contributed by atoms with Gasteiger partial charge in [-0.15, -0.1) is 0 Å². The molecule has 0 saturated heterocycles. The normalized spacial score (nSPS) is 12.6. The zero-order valence-corrected chi connectivity index (χ0v) is 12.6. The van der Waals surface area contributed by atoms with Gasteiger partial charge in [0.25, 0.3) is 0 Å². The molecule has 99 valence electrons. The third-order valence-electron chi connectivity index (χ3n) is 4.41. The molecule has 0 spiro atoms. The summed E-state index contributed by atoms with van der Waals surface area (Å²) < 4.78 is 0. The van der Waals surface area contributed by atoms with E-state index in [0.29, 0.717) is 0 Å². The monoisotopic (exact) mass is 245 g/mol. The standard InChI is InChI=1S/C17H25O/c1-7-16(3,4)14-9-10-15(13(11-14)12-18)17(5,6)8-2/h9-11H,7-8H2,1-6H3. The largest absolute Gasteiger partial charge is 0.285 e. The van der Waals surface area contributed by atoms with Crippen LogP contribution >= 0.6 is 0 Å². The lowest BCUT2D eigenvalue weighted by atomic mass is 9.76. The van der Waals surface area contributed by atoms with Crippen LogP contribution in [0.3, 0.4) is 0 Å². The van der Waals surface area contributed by atoms with E-state index < -0.39 is 0 Å². The molecule has 0 aliphatic heterocycles. The highest BCUT2D eigenvalue weighted by molar-refractivity contribution is 5.79. The molecule has 1 rings (SSSR count). The summed E-state index contributed by atoms with van der Waals surface area (Å²) in [6.45, 7) is 13.1. The molecular weight excluding hydrogens is 220 g/mol. The van der Waals surface area contributed by atoms with Gasteiger partial charge in [0.1, 0.15) is 0 Å². The quantitative estimate of drug-likeness (QED) is 0.745. The first-order valence-corrected chi connectivity index (χ1v) is 6.81. The van der Waals surface area contributed by atoms with Crippen LogP contribution in [0.2, 0.25) is 0 Å². The van der Waals surface area contributed by atoms with Gasteiger partial charge in [0, 0.05) is 5.56 Å². The predicted octanol–water partition coefficient (Wildman–Crippen LogP) is 4.52. The van der Waals surface area contributed by atoms with Gasteiger partial charge in [0.15, 0.2) is 0 Å². The van der Waals surface area contributed by atoms with Gasteiger partial charge in [0.2, 0.25) is 6.29 Å². The Morgan fingerprint density at radius 3 is 2.00 bits per heavy atom. The molecule has 0 unspecified atom stereocenters. The van der Waals surface area contributed by atoms with Crippen LogP contribution in [0.15, 0.2) is 18.2 Å². The van der Waals surface area contributed by atoms with Gasteiger partial charge in [-0.2, -0.15) is 0 Å². The molecule has 0 bridgehead atoms. The fraction of sp³-hybridized carbons (Fsp3) is 0.588. The zero-order chi connectivity index (χ0) is 14.0. The molecule has 1 radical (unpaired) electrons. The number of rotatable bonds is 5. The Morgan fingerprint density at radius 1 is 1.00 bits per heavy atom. The van der Waals surface area contributed by atoms with Crippen molar-refractivity contribution in [1.29, 1.82) is 0 Å². The van der Waals surface area contributed by atoms with Crippen LogP contribution in [-0.4, -0.2) is 6.29 Å². The number of carbonyl (C=O) groups excluding carboxylic acids is 1. The highest BCUT2D eigenvalue weighted by atomic mass is 16.1. The summed E-state index contributed by atoms with van der Waals surface area (Å²) in [5, 5.41) is 0. The average molecular weight is 245 g/mol. The van der Waals surface area contributed by atoms with Crippen molar-refractivity contribution in [2.24, 2.45) is 0 Å². The summed E-state index contributed by atoms with van der Waals surface area (Å²) >= 11 is 0. The maximum absolute atomic E-state index is 11.2. The van der Waals surface area contributed by atoms with Gasteiger partial charge in [-0.3, -0.25) is 4.79 Å². The summed E-state index contributed by atoms with van der Waals surface area (Å²) in [6.07, 6.45) is 4.19. The Balaban J connectivity index is 3.33. The predicted molar refractivity (Wildman–Crippen MR) is 77.9 cm³/mol. The van der Waals surface area contributed by atoms with E-state index in [1.807, 2.05) is 6.07 Å². The lowest BCUT2D eigenvalue weighted by Crippen LogP contribution is -2.20. The van der Waals surface area contributed by atoms with Crippen LogP contribution in [0.25, 0.3) is 0 Å². The Hall–Kier alpha value is -1.11. The Morgan fingerprint density at radius 2 is 1.56 bits per heavy atom. The molecule has 0 atom stereocenters. The second kappa shape index (κ2) is 5.26. The van der Waals surface area contributed by atoms with Crippen molar-refractivity contribution in [3.63, 3.8) is 0 Å². The number of hydrogen-bond donors (Lipinski definition) is 0.